The molecule has 2 N–H and O–H groups in total. The minimum absolute atomic E-state index is 0.0729. The number of rotatable bonds is 5. The molecule has 0 saturated heterocycles. The van der Waals surface area contributed by atoms with Gasteiger partial charge in [-0.05, 0) is 12.1 Å². The van der Waals surface area contributed by atoms with Gasteiger partial charge in [-0.15, -0.1) is 6.58 Å². The van der Waals surface area contributed by atoms with Crippen molar-refractivity contribution in [1.82, 2.24) is 20.3 Å². The Bertz CT molecular complexity index is 617. The van der Waals surface area contributed by atoms with Crippen LogP contribution in [0.2, 0.25) is 0 Å². The number of hydrogen-bond acceptors (Lipinski definition) is 5. The SMILES string of the molecule is [B]c1ncc(C(=O)NCC=C)c(Nc2ccccn2)n1. The number of amides is 1. The maximum Gasteiger partial charge on any atom is 0.256 e. The lowest BCUT2D eigenvalue weighted by atomic mass is 10.1. The molecule has 20 heavy (non-hydrogen) atoms. The van der Waals surface area contributed by atoms with Crippen molar-refractivity contribution in [1.29, 1.82) is 0 Å². The normalized spacial score (nSPS) is 9.80. The van der Waals surface area contributed by atoms with E-state index in [1.165, 1.54) is 6.20 Å². The van der Waals surface area contributed by atoms with Crippen molar-refractivity contribution in [2.75, 3.05) is 11.9 Å². The van der Waals surface area contributed by atoms with E-state index < -0.39 is 0 Å². The van der Waals surface area contributed by atoms with Gasteiger partial charge in [-0.2, -0.15) is 0 Å². The molecule has 0 aliphatic carbocycles. The highest BCUT2D eigenvalue weighted by Gasteiger charge is 2.13. The fourth-order valence-electron chi connectivity index (χ4n) is 1.48. The van der Waals surface area contributed by atoms with Crippen LogP contribution in [0, 0.1) is 0 Å². The average Bonchev–Trinajstić information content (AvgIpc) is 2.46. The van der Waals surface area contributed by atoms with Gasteiger partial charge in [0.1, 0.15) is 17.2 Å². The maximum atomic E-state index is 12.0. The van der Waals surface area contributed by atoms with Crippen molar-refractivity contribution in [3.05, 3.63) is 48.8 Å². The van der Waals surface area contributed by atoms with Gasteiger partial charge in [0, 0.05) is 18.9 Å². The lowest BCUT2D eigenvalue weighted by molar-refractivity contribution is 0.0958. The first-order valence-corrected chi connectivity index (χ1v) is 5.90. The predicted molar refractivity (Wildman–Crippen MR) is 77.5 cm³/mol. The Morgan fingerprint density at radius 1 is 1.40 bits per heavy atom. The molecule has 0 aliphatic rings. The molecule has 0 aromatic carbocycles. The number of nitrogens with one attached hydrogen (secondary N) is 2. The topological polar surface area (TPSA) is 79.8 Å². The van der Waals surface area contributed by atoms with Crippen LogP contribution in [0.25, 0.3) is 0 Å². The summed E-state index contributed by atoms with van der Waals surface area (Å²) < 4.78 is 0. The first kappa shape index (κ1) is 13.7. The van der Waals surface area contributed by atoms with Crippen molar-refractivity contribution in [3.8, 4) is 0 Å². The highest BCUT2D eigenvalue weighted by molar-refractivity contribution is 6.29. The smallest absolute Gasteiger partial charge is 0.256 e. The molecule has 2 rings (SSSR count). The van der Waals surface area contributed by atoms with E-state index in [-0.39, 0.29) is 17.2 Å². The van der Waals surface area contributed by atoms with Gasteiger partial charge in [0.25, 0.3) is 5.91 Å². The molecule has 2 aromatic rings. The van der Waals surface area contributed by atoms with E-state index in [4.69, 9.17) is 7.85 Å². The molecule has 0 aliphatic heterocycles. The van der Waals surface area contributed by atoms with Crippen LogP contribution in [0.3, 0.4) is 0 Å². The van der Waals surface area contributed by atoms with Gasteiger partial charge in [-0.1, -0.05) is 12.1 Å². The summed E-state index contributed by atoms with van der Waals surface area (Å²) in [5, 5.41) is 5.60. The monoisotopic (exact) mass is 265 g/mol. The van der Waals surface area contributed by atoms with Crippen molar-refractivity contribution in [2.45, 2.75) is 0 Å². The molecule has 0 fully saturated rings. The fourth-order valence-corrected chi connectivity index (χ4v) is 1.48. The van der Waals surface area contributed by atoms with Crippen LogP contribution in [0.5, 0.6) is 0 Å². The van der Waals surface area contributed by atoms with E-state index in [1.54, 1.807) is 24.4 Å². The van der Waals surface area contributed by atoms with Crippen LogP contribution in [-0.4, -0.2) is 35.3 Å². The molecule has 0 spiro atoms. The van der Waals surface area contributed by atoms with Crippen LogP contribution in [0.15, 0.2) is 43.2 Å². The van der Waals surface area contributed by atoms with Crippen LogP contribution >= 0.6 is 0 Å². The minimum atomic E-state index is -0.316. The zero-order valence-electron chi connectivity index (χ0n) is 10.7. The number of hydrogen-bond donors (Lipinski definition) is 2. The molecule has 7 heteroatoms. The summed E-state index contributed by atoms with van der Waals surface area (Å²) in [7, 11) is 5.55. The molecule has 0 saturated carbocycles. The van der Waals surface area contributed by atoms with Crippen LogP contribution in [0.4, 0.5) is 11.6 Å². The fraction of sp³-hybridized carbons (Fsp3) is 0.0769. The second-order valence-corrected chi connectivity index (χ2v) is 3.83. The van der Waals surface area contributed by atoms with Crippen molar-refractivity contribution < 1.29 is 4.79 Å². The van der Waals surface area contributed by atoms with E-state index in [0.717, 1.165) is 0 Å². The summed E-state index contributed by atoms with van der Waals surface area (Å²) in [4.78, 5) is 23.9. The lowest BCUT2D eigenvalue weighted by Gasteiger charge is -2.10. The molecule has 2 heterocycles. The van der Waals surface area contributed by atoms with Gasteiger partial charge in [-0.3, -0.25) is 9.78 Å². The second-order valence-electron chi connectivity index (χ2n) is 3.83. The lowest BCUT2D eigenvalue weighted by Crippen LogP contribution is -2.27. The van der Waals surface area contributed by atoms with Crippen LogP contribution < -0.4 is 16.4 Å². The third-order valence-electron chi connectivity index (χ3n) is 2.37. The summed E-state index contributed by atoms with van der Waals surface area (Å²) in [5.41, 5.74) is 0.357. The molecule has 2 radical (unpaired) electrons. The first-order valence-electron chi connectivity index (χ1n) is 5.90. The van der Waals surface area contributed by atoms with E-state index in [9.17, 15) is 4.79 Å². The molecule has 6 nitrogen and oxygen atoms in total. The number of aromatic nitrogens is 3. The third kappa shape index (κ3) is 3.41. The van der Waals surface area contributed by atoms with Gasteiger partial charge in [0.05, 0.1) is 5.72 Å². The molecule has 0 atom stereocenters. The highest BCUT2D eigenvalue weighted by Crippen LogP contribution is 2.14. The zero-order chi connectivity index (χ0) is 14.4. The van der Waals surface area contributed by atoms with Gasteiger partial charge in [0.15, 0.2) is 7.85 Å². The molecule has 0 unspecified atom stereocenters. The summed E-state index contributed by atoms with van der Waals surface area (Å²) in [5.74, 6) is 0.546. The Morgan fingerprint density at radius 3 is 2.95 bits per heavy atom. The van der Waals surface area contributed by atoms with Gasteiger partial charge in [0.2, 0.25) is 0 Å². The summed E-state index contributed by atoms with van der Waals surface area (Å²) in [6.45, 7) is 3.89. The van der Waals surface area contributed by atoms with E-state index >= 15 is 0 Å². The standard InChI is InChI=1S/C13H12BN5O/c1-2-6-16-12(20)9-8-17-13(14)19-11(9)18-10-5-3-4-7-15-10/h2-5,7-8H,1,6H2,(H,16,20)(H,15,17,18,19). The highest BCUT2D eigenvalue weighted by atomic mass is 16.1. The van der Waals surface area contributed by atoms with Crippen molar-refractivity contribution >= 4 is 31.1 Å². The van der Waals surface area contributed by atoms with Gasteiger partial charge in [-0.25, -0.2) is 9.97 Å². The zero-order valence-corrected chi connectivity index (χ0v) is 10.7. The number of anilines is 2. The van der Waals surface area contributed by atoms with Crippen LogP contribution in [-0.2, 0) is 0 Å². The molecule has 1 amide bonds. The minimum Gasteiger partial charge on any atom is -0.348 e. The Balaban J connectivity index is 2.28. The molecule has 98 valence electrons. The summed E-state index contributed by atoms with van der Waals surface area (Å²) >= 11 is 0. The Labute approximate surface area is 117 Å². The van der Waals surface area contributed by atoms with Gasteiger partial charge >= 0.3 is 0 Å². The molecule has 0 bridgehead atoms. The maximum absolute atomic E-state index is 12.0. The third-order valence-corrected chi connectivity index (χ3v) is 2.37. The van der Waals surface area contributed by atoms with E-state index in [1.807, 2.05) is 6.07 Å². The Hall–Kier alpha value is -2.70. The van der Waals surface area contributed by atoms with Crippen molar-refractivity contribution in [3.63, 3.8) is 0 Å². The number of nitrogens with zero attached hydrogens (tertiary/aromatic N) is 3. The summed E-state index contributed by atoms with van der Waals surface area (Å²) in [6.07, 6.45) is 4.58. The Morgan fingerprint density at radius 2 is 2.25 bits per heavy atom. The number of pyridine rings is 1. The first-order chi connectivity index (χ1) is 9.70. The van der Waals surface area contributed by atoms with Crippen LogP contribution in [0.1, 0.15) is 10.4 Å². The quantitative estimate of drug-likeness (QED) is 0.601. The van der Waals surface area contributed by atoms with Gasteiger partial charge < -0.3 is 10.6 Å². The Kier molecular flexibility index (Phi) is 4.44. The molecular weight excluding hydrogens is 253 g/mol. The number of carbonyl (C=O) groups excluding carboxylic acids is 1. The second kappa shape index (κ2) is 6.47. The molecular formula is C13H12BN5O. The van der Waals surface area contributed by atoms with E-state index in [0.29, 0.717) is 18.2 Å². The van der Waals surface area contributed by atoms with E-state index in [2.05, 4.69) is 32.2 Å². The van der Waals surface area contributed by atoms with Crippen molar-refractivity contribution in [2.24, 2.45) is 0 Å². The number of carbonyl (C=O) groups is 1. The average molecular weight is 265 g/mol. The largest absolute Gasteiger partial charge is 0.348 e. The molecule has 2 aromatic heterocycles. The predicted octanol–water partition coefficient (Wildman–Crippen LogP) is 0.325. The summed E-state index contributed by atoms with van der Waals surface area (Å²) in [6, 6.07) is 5.36.